The largest absolute Gasteiger partial charge is 0.459 e. The van der Waals surface area contributed by atoms with E-state index in [1.165, 1.54) is 36.5 Å². The molecule has 0 radical (unpaired) electrons. The first-order valence-electron chi connectivity index (χ1n) is 9.62. The van der Waals surface area contributed by atoms with Gasteiger partial charge in [-0.15, -0.1) is 0 Å². The molecular weight excluding hydrogens is 463 g/mol. The van der Waals surface area contributed by atoms with E-state index in [0.717, 1.165) is 18.2 Å². The van der Waals surface area contributed by atoms with Crippen molar-refractivity contribution in [3.63, 3.8) is 0 Å². The van der Waals surface area contributed by atoms with Crippen molar-refractivity contribution in [2.75, 3.05) is 20.3 Å². The van der Waals surface area contributed by atoms with Crippen molar-refractivity contribution in [2.24, 2.45) is 0 Å². The van der Waals surface area contributed by atoms with E-state index in [2.05, 4.69) is 0 Å². The van der Waals surface area contributed by atoms with Crippen LogP contribution in [0.15, 0.2) is 76.2 Å². The second kappa shape index (κ2) is 10.1. The summed E-state index contributed by atoms with van der Waals surface area (Å²) in [4.78, 5) is 13.5. The third kappa shape index (κ3) is 6.36. The SMILES string of the molecule is COCCN(Cc1ccc(OS(=O)(=O)c2cccc(C(F)(F)F)c2)cc1)C(=O)c1ccco1. The van der Waals surface area contributed by atoms with Gasteiger partial charge in [-0.05, 0) is 48.0 Å². The van der Waals surface area contributed by atoms with E-state index in [9.17, 15) is 26.4 Å². The van der Waals surface area contributed by atoms with E-state index in [1.54, 1.807) is 18.2 Å². The Morgan fingerprint density at radius 1 is 1.06 bits per heavy atom. The van der Waals surface area contributed by atoms with Crippen LogP contribution in [0.2, 0.25) is 0 Å². The van der Waals surface area contributed by atoms with Gasteiger partial charge in [0.05, 0.1) is 18.4 Å². The Balaban J connectivity index is 1.73. The number of ether oxygens (including phenoxy) is 1. The Morgan fingerprint density at radius 3 is 2.39 bits per heavy atom. The van der Waals surface area contributed by atoms with Gasteiger partial charge in [-0.2, -0.15) is 21.6 Å². The number of carbonyl (C=O) groups excluding carboxylic acids is 1. The number of halogens is 3. The van der Waals surface area contributed by atoms with E-state index in [-0.39, 0.29) is 30.5 Å². The summed E-state index contributed by atoms with van der Waals surface area (Å²) in [5, 5.41) is 0. The van der Waals surface area contributed by atoms with Gasteiger partial charge in [0.15, 0.2) is 5.76 Å². The van der Waals surface area contributed by atoms with Crippen molar-refractivity contribution in [1.82, 2.24) is 4.90 Å². The van der Waals surface area contributed by atoms with Crippen LogP contribution in [-0.2, 0) is 27.6 Å². The average molecular weight is 483 g/mol. The third-order valence-electron chi connectivity index (χ3n) is 4.54. The minimum absolute atomic E-state index is 0.0861. The fourth-order valence-corrected chi connectivity index (χ4v) is 3.86. The van der Waals surface area contributed by atoms with Crippen LogP contribution in [0.25, 0.3) is 0 Å². The van der Waals surface area contributed by atoms with Crippen LogP contribution >= 0.6 is 0 Å². The van der Waals surface area contributed by atoms with Gasteiger partial charge in [0.25, 0.3) is 5.91 Å². The Morgan fingerprint density at radius 2 is 1.79 bits per heavy atom. The van der Waals surface area contributed by atoms with E-state index in [1.807, 2.05) is 0 Å². The lowest BCUT2D eigenvalue weighted by Crippen LogP contribution is -2.33. The third-order valence-corrected chi connectivity index (χ3v) is 5.78. The molecule has 3 rings (SSSR count). The molecule has 1 amide bonds. The normalized spacial score (nSPS) is 11.9. The first-order chi connectivity index (χ1) is 15.6. The molecule has 176 valence electrons. The highest BCUT2D eigenvalue weighted by atomic mass is 32.2. The lowest BCUT2D eigenvalue weighted by Gasteiger charge is -2.21. The number of nitrogens with zero attached hydrogens (tertiary/aromatic N) is 1. The summed E-state index contributed by atoms with van der Waals surface area (Å²) >= 11 is 0. The zero-order chi connectivity index (χ0) is 24.1. The topological polar surface area (TPSA) is 86.0 Å². The van der Waals surface area contributed by atoms with Gasteiger partial charge in [0, 0.05) is 20.2 Å². The molecule has 2 aromatic carbocycles. The van der Waals surface area contributed by atoms with Crippen LogP contribution in [0.3, 0.4) is 0 Å². The number of carbonyl (C=O) groups is 1. The summed E-state index contributed by atoms with van der Waals surface area (Å²) in [7, 11) is -2.97. The summed E-state index contributed by atoms with van der Waals surface area (Å²) in [6.45, 7) is 0.768. The fourth-order valence-electron chi connectivity index (χ4n) is 2.88. The van der Waals surface area contributed by atoms with Gasteiger partial charge in [-0.25, -0.2) is 0 Å². The maximum atomic E-state index is 12.9. The standard InChI is InChI=1S/C22H20F3NO6S/c1-30-13-11-26(21(27)20-6-3-12-31-20)15-16-7-9-18(10-8-16)32-33(28,29)19-5-2-4-17(14-19)22(23,24)25/h2-10,12,14H,11,13,15H2,1H3. The molecule has 0 saturated carbocycles. The van der Waals surface area contributed by atoms with E-state index in [0.29, 0.717) is 18.2 Å². The lowest BCUT2D eigenvalue weighted by atomic mass is 10.2. The lowest BCUT2D eigenvalue weighted by molar-refractivity contribution is -0.137. The molecule has 0 aliphatic heterocycles. The maximum Gasteiger partial charge on any atom is 0.416 e. The molecule has 0 atom stereocenters. The quantitative estimate of drug-likeness (QED) is 0.421. The number of methoxy groups -OCH3 is 1. The molecule has 11 heteroatoms. The van der Waals surface area contributed by atoms with E-state index < -0.39 is 26.8 Å². The van der Waals surface area contributed by atoms with Crippen LogP contribution in [0, 0.1) is 0 Å². The molecule has 0 fully saturated rings. The van der Waals surface area contributed by atoms with Gasteiger partial charge in [-0.1, -0.05) is 18.2 Å². The summed E-state index contributed by atoms with van der Waals surface area (Å²) in [5.41, 5.74) is -0.435. The Kier molecular flexibility index (Phi) is 7.44. The molecule has 0 aliphatic rings. The molecule has 1 aromatic heterocycles. The summed E-state index contributed by atoms with van der Waals surface area (Å²) in [6, 6.07) is 12.2. The predicted molar refractivity (Wildman–Crippen MR) is 111 cm³/mol. The second-order valence-corrected chi connectivity index (χ2v) is 8.45. The van der Waals surface area contributed by atoms with Crippen LogP contribution in [0.4, 0.5) is 13.2 Å². The molecule has 1 heterocycles. The number of alkyl halides is 3. The first-order valence-corrected chi connectivity index (χ1v) is 11.0. The van der Waals surface area contributed by atoms with Crippen molar-refractivity contribution >= 4 is 16.0 Å². The molecular formula is C22H20F3NO6S. The number of furan rings is 1. The van der Waals surface area contributed by atoms with Gasteiger partial charge >= 0.3 is 16.3 Å². The average Bonchev–Trinajstić information content (AvgIpc) is 3.31. The van der Waals surface area contributed by atoms with E-state index >= 15 is 0 Å². The van der Waals surface area contributed by atoms with Gasteiger partial charge in [-0.3, -0.25) is 4.79 Å². The molecule has 7 nitrogen and oxygen atoms in total. The van der Waals surface area contributed by atoms with Crippen LogP contribution in [0.5, 0.6) is 5.75 Å². The minimum atomic E-state index is -4.69. The van der Waals surface area contributed by atoms with Crippen LogP contribution in [0.1, 0.15) is 21.7 Å². The number of amides is 1. The Hall–Kier alpha value is -3.31. The van der Waals surface area contributed by atoms with Crippen molar-refractivity contribution in [1.29, 1.82) is 0 Å². The van der Waals surface area contributed by atoms with Crippen molar-refractivity contribution in [3.05, 3.63) is 83.8 Å². The molecule has 0 unspecified atom stereocenters. The van der Waals surface area contributed by atoms with Gasteiger partial charge in [0.2, 0.25) is 0 Å². The minimum Gasteiger partial charge on any atom is -0.459 e. The summed E-state index contributed by atoms with van der Waals surface area (Å²) in [5.74, 6) is -0.264. The number of rotatable bonds is 9. The van der Waals surface area contributed by atoms with E-state index in [4.69, 9.17) is 13.3 Å². The highest BCUT2D eigenvalue weighted by Gasteiger charge is 2.32. The molecule has 0 N–H and O–H groups in total. The number of hydrogen-bond acceptors (Lipinski definition) is 6. The van der Waals surface area contributed by atoms with Gasteiger partial charge < -0.3 is 18.2 Å². The fraction of sp³-hybridized carbons (Fsp3) is 0.227. The van der Waals surface area contributed by atoms with Crippen LogP contribution < -0.4 is 4.18 Å². The molecule has 0 aliphatic carbocycles. The highest BCUT2D eigenvalue weighted by molar-refractivity contribution is 7.87. The molecule has 0 spiro atoms. The van der Waals surface area contributed by atoms with Crippen molar-refractivity contribution in [3.8, 4) is 5.75 Å². The Labute approximate surface area is 188 Å². The first kappa shape index (κ1) is 24.3. The monoisotopic (exact) mass is 483 g/mol. The smallest absolute Gasteiger partial charge is 0.416 e. The number of benzene rings is 2. The van der Waals surface area contributed by atoms with Gasteiger partial charge in [0.1, 0.15) is 10.6 Å². The zero-order valence-corrected chi connectivity index (χ0v) is 18.2. The Bertz CT molecular complexity index is 1180. The molecule has 0 bridgehead atoms. The molecule has 3 aromatic rings. The number of hydrogen-bond donors (Lipinski definition) is 0. The van der Waals surface area contributed by atoms with Crippen molar-refractivity contribution < 1.29 is 39.7 Å². The summed E-state index contributed by atoms with van der Waals surface area (Å²) in [6.07, 6.45) is -3.30. The second-order valence-electron chi connectivity index (χ2n) is 6.90. The zero-order valence-electron chi connectivity index (χ0n) is 17.4. The predicted octanol–water partition coefficient (Wildman–Crippen LogP) is 4.35. The highest BCUT2D eigenvalue weighted by Crippen LogP contribution is 2.31. The maximum absolute atomic E-state index is 12.9. The molecule has 0 saturated heterocycles. The van der Waals surface area contributed by atoms with Crippen LogP contribution in [-0.4, -0.2) is 39.5 Å². The molecule has 33 heavy (non-hydrogen) atoms. The summed E-state index contributed by atoms with van der Waals surface area (Å²) < 4.78 is 78.6. The van der Waals surface area contributed by atoms with Crippen molar-refractivity contribution in [2.45, 2.75) is 17.6 Å².